The predicted octanol–water partition coefficient (Wildman–Crippen LogP) is 4.08. The number of hydrogen-bond acceptors (Lipinski definition) is 1. The summed E-state index contributed by atoms with van der Waals surface area (Å²) in [5, 5.41) is 0.814. The molecule has 0 aliphatic carbocycles. The van der Waals surface area contributed by atoms with E-state index in [2.05, 4.69) is 19.9 Å². The van der Waals surface area contributed by atoms with Crippen LogP contribution < -0.4 is 5.73 Å². The molecule has 2 heteroatoms. The van der Waals surface area contributed by atoms with Gasteiger partial charge < -0.3 is 5.73 Å². The van der Waals surface area contributed by atoms with E-state index in [4.69, 9.17) is 17.3 Å². The Morgan fingerprint density at radius 2 is 1.87 bits per heavy atom. The van der Waals surface area contributed by atoms with Gasteiger partial charge in [0.15, 0.2) is 0 Å². The van der Waals surface area contributed by atoms with Crippen LogP contribution in [0.2, 0.25) is 5.02 Å². The molecule has 1 aromatic carbocycles. The van der Waals surface area contributed by atoms with Gasteiger partial charge in [0.05, 0.1) is 0 Å². The van der Waals surface area contributed by atoms with Crippen LogP contribution >= 0.6 is 11.6 Å². The minimum atomic E-state index is 0.109. The third kappa shape index (κ3) is 2.96. The van der Waals surface area contributed by atoms with Crippen molar-refractivity contribution >= 4 is 11.6 Å². The molecule has 1 nitrogen and oxygen atoms in total. The molecule has 0 fully saturated rings. The van der Waals surface area contributed by atoms with E-state index >= 15 is 0 Å². The molecule has 0 aromatic heterocycles. The fourth-order valence-electron chi connectivity index (χ4n) is 1.89. The molecular formula is C13H20ClN. The Hall–Kier alpha value is -0.530. The Balaban J connectivity index is 2.90. The molecule has 0 aliphatic rings. The van der Waals surface area contributed by atoms with Gasteiger partial charge in [0.2, 0.25) is 0 Å². The normalized spacial score (nSPS) is 13.2. The van der Waals surface area contributed by atoms with Crippen LogP contribution in [0.5, 0.6) is 0 Å². The minimum Gasteiger partial charge on any atom is -0.324 e. The first-order chi connectivity index (χ1) is 7.10. The van der Waals surface area contributed by atoms with Crippen molar-refractivity contribution in [1.29, 1.82) is 0 Å². The van der Waals surface area contributed by atoms with Gasteiger partial charge in [-0.25, -0.2) is 0 Å². The number of hydrogen-bond donors (Lipinski definition) is 1. The molecular weight excluding hydrogens is 206 g/mol. The second kappa shape index (κ2) is 5.53. The summed E-state index contributed by atoms with van der Waals surface area (Å²) in [5.74, 6) is 0.545. The van der Waals surface area contributed by atoms with Gasteiger partial charge in [0, 0.05) is 11.1 Å². The van der Waals surface area contributed by atoms with E-state index in [1.54, 1.807) is 0 Å². The molecule has 0 amide bonds. The van der Waals surface area contributed by atoms with Crippen molar-refractivity contribution in [3.8, 4) is 0 Å². The van der Waals surface area contributed by atoms with E-state index in [1.807, 2.05) is 19.1 Å². The Kier molecular flexibility index (Phi) is 4.62. The maximum absolute atomic E-state index is 6.22. The van der Waals surface area contributed by atoms with Crippen molar-refractivity contribution < 1.29 is 0 Å². The molecule has 0 spiro atoms. The van der Waals surface area contributed by atoms with Gasteiger partial charge in [0.25, 0.3) is 0 Å². The fraction of sp³-hybridized carbons (Fsp3) is 0.538. The summed E-state index contributed by atoms with van der Waals surface area (Å²) < 4.78 is 0. The van der Waals surface area contributed by atoms with Crippen molar-refractivity contribution in [2.75, 3.05) is 0 Å². The fourth-order valence-corrected chi connectivity index (χ4v) is 2.07. The largest absolute Gasteiger partial charge is 0.324 e. The molecule has 1 atom stereocenters. The molecule has 0 heterocycles. The number of halogens is 1. The Labute approximate surface area is 97.6 Å². The first kappa shape index (κ1) is 12.5. The topological polar surface area (TPSA) is 26.0 Å². The highest BCUT2D eigenvalue weighted by molar-refractivity contribution is 6.31. The van der Waals surface area contributed by atoms with Crippen LogP contribution in [0.15, 0.2) is 18.2 Å². The average molecular weight is 226 g/mol. The smallest absolute Gasteiger partial charge is 0.0438 e. The summed E-state index contributed by atoms with van der Waals surface area (Å²) in [6.45, 7) is 6.38. The molecule has 0 bridgehead atoms. The van der Waals surface area contributed by atoms with Crippen LogP contribution in [-0.4, -0.2) is 0 Å². The lowest BCUT2D eigenvalue weighted by Gasteiger charge is -2.22. The van der Waals surface area contributed by atoms with Crippen LogP contribution in [0, 0.1) is 12.8 Å². The Morgan fingerprint density at radius 3 is 2.33 bits per heavy atom. The Bertz CT molecular complexity index is 318. The third-order valence-electron chi connectivity index (χ3n) is 3.14. The highest BCUT2D eigenvalue weighted by Crippen LogP contribution is 2.27. The maximum Gasteiger partial charge on any atom is 0.0438 e. The van der Waals surface area contributed by atoms with Crippen LogP contribution in [0.4, 0.5) is 0 Å². The van der Waals surface area contributed by atoms with Crippen LogP contribution in [0.25, 0.3) is 0 Å². The lowest BCUT2D eigenvalue weighted by Crippen LogP contribution is -2.20. The van der Waals surface area contributed by atoms with E-state index in [0.29, 0.717) is 5.92 Å². The molecule has 0 saturated carbocycles. The molecule has 84 valence electrons. The van der Waals surface area contributed by atoms with Crippen molar-refractivity contribution in [2.45, 2.75) is 39.7 Å². The monoisotopic (exact) mass is 225 g/mol. The zero-order valence-electron chi connectivity index (χ0n) is 9.76. The summed E-state index contributed by atoms with van der Waals surface area (Å²) in [6.07, 6.45) is 2.23. The number of benzene rings is 1. The quantitative estimate of drug-likeness (QED) is 0.821. The zero-order valence-corrected chi connectivity index (χ0v) is 10.5. The summed E-state index contributed by atoms with van der Waals surface area (Å²) in [6, 6.07) is 6.24. The zero-order chi connectivity index (χ0) is 11.4. The Morgan fingerprint density at radius 1 is 1.27 bits per heavy atom. The average Bonchev–Trinajstić information content (AvgIpc) is 2.23. The second-order valence-electron chi connectivity index (χ2n) is 4.11. The number of rotatable bonds is 4. The van der Waals surface area contributed by atoms with E-state index < -0.39 is 0 Å². The summed E-state index contributed by atoms with van der Waals surface area (Å²) >= 11 is 6.09. The molecule has 0 radical (unpaired) electrons. The lowest BCUT2D eigenvalue weighted by atomic mass is 9.89. The van der Waals surface area contributed by atoms with E-state index in [-0.39, 0.29) is 6.04 Å². The molecule has 1 unspecified atom stereocenters. The number of nitrogens with two attached hydrogens (primary N) is 1. The lowest BCUT2D eigenvalue weighted by molar-refractivity contribution is 0.405. The molecule has 1 rings (SSSR count). The standard InChI is InChI=1S/C13H20ClN/c1-4-10(5-2)13(15)11-7-6-9(3)12(14)8-11/h6-8,10,13H,4-5,15H2,1-3H3. The van der Waals surface area contributed by atoms with Crippen molar-refractivity contribution in [3.63, 3.8) is 0 Å². The van der Waals surface area contributed by atoms with Gasteiger partial charge in [-0.3, -0.25) is 0 Å². The first-order valence-electron chi connectivity index (χ1n) is 5.61. The molecule has 0 aliphatic heterocycles. The van der Waals surface area contributed by atoms with Gasteiger partial charge in [-0.2, -0.15) is 0 Å². The number of aryl methyl sites for hydroxylation is 1. The van der Waals surface area contributed by atoms with Gasteiger partial charge in [-0.15, -0.1) is 0 Å². The maximum atomic E-state index is 6.22. The predicted molar refractivity (Wildman–Crippen MR) is 67.2 cm³/mol. The SMILES string of the molecule is CCC(CC)C(N)c1ccc(C)c(Cl)c1. The minimum absolute atomic E-state index is 0.109. The van der Waals surface area contributed by atoms with E-state index in [0.717, 1.165) is 29.0 Å². The van der Waals surface area contributed by atoms with Crippen LogP contribution in [0.1, 0.15) is 43.9 Å². The third-order valence-corrected chi connectivity index (χ3v) is 3.54. The summed E-state index contributed by atoms with van der Waals surface area (Å²) in [4.78, 5) is 0. The molecule has 0 saturated heterocycles. The van der Waals surface area contributed by atoms with Gasteiger partial charge in [-0.05, 0) is 30.0 Å². The molecule has 2 N–H and O–H groups in total. The van der Waals surface area contributed by atoms with E-state index in [9.17, 15) is 0 Å². The van der Waals surface area contributed by atoms with Gasteiger partial charge in [-0.1, -0.05) is 50.4 Å². The highest BCUT2D eigenvalue weighted by Gasteiger charge is 2.16. The highest BCUT2D eigenvalue weighted by atomic mass is 35.5. The van der Waals surface area contributed by atoms with Gasteiger partial charge in [0.1, 0.15) is 0 Å². The van der Waals surface area contributed by atoms with Crippen LogP contribution in [0.3, 0.4) is 0 Å². The van der Waals surface area contributed by atoms with Gasteiger partial charge >= 0.3 is 0 Å². The second-order valence-corrected chi connectivity index (χ2v) is 4.52. The van der Waals surface area contributed by atoms with Crippen molar-refractivity contribution in [1.82, 2.24) is 0 Å². The summed E-state index contributed by atoms with van der Waals surface area (Å²) in [7, 11) is 0. The summed E-state index contributed by atoms with van der Waals surface area (Å²) in [5.41, 5.74) is 8.48. The van der Waals surface area contributed by atoms with E-state index in [1.165, 1.54) is 0 Å². The van der Waals surface area contributed by atoms with Crippen LogP contribution in [-0.2, 0) is 0 Å². The molecule has 15 heavy (non-hydrogen) atoms. The van der Waals surface area contributed by atoms with Crippen molar-refractivity contribution in [2.24, 2.45) is 11.7 Å². The van der Waals surface area contributed by atoms with Crippen molar-refractivity contribution in [3.05, 3.63) is 34.3 Å². The molecule has 1 aromatic rings. The first-order valence-corrected chi connectivity index (χ1v) is 5.99.